The highest BCUT2D eigenvalue weighted by Crippen LogP contribution is 2.28. The zero-order chi connectivity index (χ0) is 10.1. The van der Waals surface area contributed by atoms with Crippen LogP contribution in [0.4, 0.5) is 0 Å². The van der Waals surface area contributed by atoms with Crippen molar-refractivity contribution < 1.29 is 4.42 Å². The SMILES string of the molecule is Cc1cc(-c2ccco2)c(C)cc1Br. The van der Waals surface area contributed by atoms with E-state index in [1.165, 1.54) is 11.1 Å². The third kappa shape index (κ3) is 1.62. The van der Waals surface area contributed by atoms with Crippen LogP contribution in [-0.4, -0.2) is 0 Å². The van der Waals surface area contributed by atoms with Crippen molar-refractivity contribution in [1.29, 1.82) is 0 Å². The molecule has 1 nitrogen and oxygen atoms in total. The molecule has 72 valence electrons. The van der Waals surface area contributed by atoms with Crippen molar-refractivity contribution >= 4 is 15.9 Å². The van der Waals surface area contributed by atoms with Crippen molar-refractivity contribution in [2.75, 3.05) is 0 Å². The molecule has 0 bridgehead atoms. The third-order valence-corrected chi connectivity index (χ3v) is 3.15. The maximum Gasteiger partial charge on any atom is 0.134 e. The minimum Gasteiger partial charge on any atom is -0.464 e. The maximum absolute atomic E-state index is 5.38. The first-order valence-electron chi connectivity index (χ1n) is 4.49. The fraction of sp³-hybridized carbons (Fsp3) is 0.167. The molecule has 0 spiro atoms. The van der Waals surface area contributed by atoms with Crippen molar-refractivity contribution in [2.24, 2.45) is 0 Å². The lowest BCUT2D eigenvalue weighted by Crippen LogP contribution is -1.84. The Morgan fingerprint density at radius 2 is 1.93 bits per heavy atom. The van der Waals surface area contributed by atoms with Gasteiger partial charge in [0.25, 0.3) is 0 Å². The molecule has 1 heterocycles. The van der Waals surface area contributed by atoms with Crippen LogP contribution in [0.2, 0.25) is 0 Å². The first-order chi connectivity index (χ1) is 6.68. The van der Waals surface area contributed by atoms with Crippen LogP contribution in [-0.2, 0) is 0 Å². The van der Waals surface area contributed by atoms with Crippen LogP contribution in [0.3, 0.4) is 0 Å². The van der Waals surface area contributed by atoms with E-state index >= 15 is 0 Å². The average Bonchev–Trinajstić information content (AvgIpc) is 2.64. The Morgan fingerprint density at radius 3 is 2.57 bits per heavy atom. The lowest BCUT2D eigenvalue weighted by molar-refractivity contribution is 0.582. The van der Waals surface area contributed by atoms with Gasteiger partial charge in [-0.3, -0.25) is 0 Å². The van der Waals surface area contributed by atoms with Crippen molar-refractivity contribution in [3.8, 4) is 11.3 Å². The zero-order valence-corrected chi connectivity index (χ0v) is 9.76. The second-order valence-electron chi connectivity index (χ2n) is 3.39. The van der Waals surface area contributed by atoms with E-state index < -0.39 is 0 Å². The second kappa shape index (κ2) is 3.62. The fourth-order valence-corrected chi connectivity index (χ4v) is 1.94. The molecular weight excluding hydrogens is 240 g/mol. The first-order valence-corrected chi connectivity index (χ1v) is 5.28. The summed E-state index contributed by atoms with van der Waals surface area (Å²) in [6.45, 7) is 4.16. The Bertz CT molecular complexity index is 444. The summed E-state index contributed by atoms with van der Waals surface area (Å²) in [5.74, 6) is 0.929. The van der Waals surface area contributed by atoms with Crippen LogP contribution in [0.25, 0.3) is 11.3 Å². The van der Waals surface area contributed by atoms with Crippen molar-refractivity contribution in [3.05, 3.63) is 46.1 Å². The third-order valence-electron chi connectivity index (χ3n) is 2.29. The molecule has 2 heteroatoms. The van der Waals surface area contributed by atoms with Crippen LogP contribution in [0.15, 0.2) is 39.4 Å². The number of benzene rings is 1. The molecule has 0 atom stereocenters. The molecule has 2 rings (SSSR count). The summed E-state index contributed by atoms with van der Waals surface area (Å²) in [6, 6.07) is 8.15. The number of hydrogen-bond donors (Lipinski definition) is 0. The number of halogens is 1. The molecule has 2 aromatic rings. The normalized spacial score (nSPS) is 10.5. The molecule has 0 saturated carbocycles. The smallest absolute Gasteiger partial charge is 0.134 e. The summed E-state index contributed by atoms with van der Waals surface area (Å²) >= 11 is 3.51. The van der Waals surface area contributed by atoms with Gasteiger partial charge in [0, 0.05) is 10.0 Å². The molecule has 0 aliphatic rings. The Hall–Kier alpha value is -1.02. The number of aryl methyl sites for hydroxylation is 2. The molecule has 0 amide bonds. The predicted molar refractivity (Wildman–Crippen MR) is 61.3 cm³/mol. The van der Waals surface area contributed by atoms with E-state index in [2.05, 4.69) is 41.9 Å². The molecular formula is C12H11BrO. The maximum atomic E-state index is 5.38. The minimum atomic E-state index is 0.929. The lowest BCUT2D eigenvalue weighted by Gasteiger charge is -2.06. The number of hydrogen-bond acceptors (Lipinski definition) is 1. The zero-order valence-electron chi connectivity index (χ0n) is 8.17. The summed E-state index contributed by atoms with van der Waals surface area (Å²) in [5.41, 5.74) is 3.61. The summed E-state index contributed by atoms with van der Waals surface area (Å²) in [5, 5.41) is 0. The van der Waals surface area contributed by atoms with Crippen LogP contribution < -0.4 is 0 Å². The van der Waals surface area contributed by atoms with Gasteiger partial charge in [0.1, 0.15) is 5.76 Å². The van der Waals surface area contributed by atoms with Gasteiger partial charge in [0.15, 0.2) is 0 Å². The van der Waals surface area contributed by atoms with Gasteiger partial charge in [0.2, 0.25) is 0 Å². The lowest BCUT2D eigenvalue weighted by atomic mass is 10.0. The molecule has 14 heavy (non-hydrogen) atoms. The summed E-state index contributed by atoms with van der Waals surface area (Å²) in [6.07, 6.45) is 1.70. The summed E-state index contributed by atoms with van der Waals surface area (Å²) in [7, 11) is 0. The fourth-order valence-electron chi connectivity index (χ4n) is 1.48. The largest absolute Gasteiger partial charge is 0.464 e. The van der Waals surface area contributed by atoms with E-state index in [0.717, 1.165) is 15.8 Å². The van der Waals surface area contributed by atoms with Gasteiger partial charge < -0.3 is 4.42 Å². The molecule has 0 fully saturated rings. The Labute approximate surface area is 91.9 Å². The van der Waals surface area contributed by atoms with Gasteiger partial charge in [-0.05, 0) is 49.2 Å². The van der Waals surface area contributed by atoms with Gasteiger partial charge in [-0.15, -0.1) is 0 Å². The standard InChI is InChI=1S/C12H11BrO/c1-8-7-11(13)9(2)6-10(8)12-4-3-5-14-12/h3-7H,1-2H3. The molecule has 1 aromatic carbocycles. The van der Waals surface area contributed by atoms with E-state index in [4.69, 9.17) is 4.42 Å². The Balaban J connectivity index is 2.60. The topological polar surface area (TPSA) is 13.1 Å². The highest BCUT2D eigenvalue weighted by molar-refractivity contribution is 9.10. The van der Waals surface area contributed by atoms with E-state index in [9.17, 15) is 0 Å². The minimum absolute atomic E-state index is 0.929. The van der Waals surface area contributed by atoms with Gasteiger partial charge >= 0.3 is 0 Å². The van der Waals surface area contributed by atoms with E-state index in [1.807, 2.05) is 12.1 Å². The summed E-state index contributed by atoms with van der Waals surface area (Å²) in [4.78, 5) is 0. The second-order valence-corrected chi connectivity index (χ2v) is 4.25. The number of furan rings is 1. The molecule has 0 aliphatic carbocycles. The van der Waals surface area contributed by atoms with Crippen LogP contribution in [0, 0.1) is 13.8 Å². The van der Waals surface area contributed by atoms with Crippen LogP contribution in [0.5, 0.6) is 0 Å². The molecule has 0 saturated heterocycles. The average molecular weight is 251 g/mol. The highest BCUT2D eigenvalue weighted by Gasteiger charge is 2.06. The van der Waals surface area contributed by atoms with Gasteiger partial charge in [-0.1, -0.05) is 15.9 Å². The molecule has 1 aromatic heterocycles. The van der Waals surface area contributed by atoms with E-state index in [-0.39, 0.29) is 0 Å². The molecule has 0 unspecified atom stereocenters. The van der Waals surface area contributed by atoms with E-state index in [1.54, 1.807) is 6.26 Å². The van der Waals surface area contributed by atoms with Gasteiger partial charge in [-0.2, -0.15) is 0 Å². The summed E-state index contributed by atoms with van der Waals surface area (Å²) < 4.78 is 6.52. The monoisotopic (exact) mass is 250 g/mol. The van der Waals surface area contributed by atoms with Crippen LogP contribution in [0.1, 0.15) is 11.1 Å². The van der Waals surface area contributed by atoms with Gasteiger partial charge in [0.05, 0.1) is 6.26 Å². The highest BCUT2D eigenvalue weighted by atomic mass is 79.9. The van der Waals surface area contributed by atoms with Crippen molar-refractivity contribution in [3.63, 3.8) is 0 Å². The number of rotatable bonds is 1. The first kappa shape index (κ1) is 9.53. The van der Waals surface area contributed by atoms with Gasteiger partial charge in [-0.25, -0.2) is 0 Å². The Kier molecular flexibility index (Phi) is 2.46. The van der Waals surface area contributed by atoms with Crippen molar-refractivity contribution in [2.45, 2.75) is 13.8 Å². The van der Waals surface area contributed by atoms with Crippen LogP contribution >= 0.6 is 15.9 Å². The predicted octanol–water partition coefficient (Wildman–Crippen LogP) is 4.33. The molecule has 0 N–H and O–H groups in total. The molecule has 0 aliphatic heterocycles. The quantitative estimate of drug-likeness (QED) is 0.735. The Morgan fingerprint density at radius 1 is 1.14 bits per heavy atom. The van der Waals surface area contributed by atoms with Crippen molar-refractivity contribution in [1.82, 2.24) is 0 Å². The van der Waals surface area contributed by atoms with E-state index in [0.29, 0.717) is 0 Å². The molecule has 0 radical (unpaired) electrons.